The monoisotopic (exact) mass is 619 g/mol. The van der Waals surface area contributed by atoms with Gasteiger partial charge in [0, 0.05) is 24.1 Å². The van der Waals surface area contributed by atoms with Gasteiger partial charge in [-0.2, -0.15) is 13.2 Å². The van der Waals surface area contributed by atoms with Gasteiger partial charge >= 0.3 is 6.18 Å². The van der Waals surface area contributed by atoms with Crippen molar-refractivity contribution in [3.8, 4) is 22.6 Å². The Balaban J connectivity index is 0.00000316. The fourth-order valence-electron chi connectivity index (χ4n) is 4.41. The Hall–Kier alpha value is -3.37. The van der Waals surface area contributed by atoms with Crippen LogP contribution < -0.4 is 25.4 Å². The third-order valence-corrected chi connectivity index (χ3v) is 7.28. The summed E-state index contributed by atoms with van der Waals surface area (Å²) in [6.07, 6.45) is -2.36. The van der Waals surface area contributed by atoms with Crippen LogP contribution in [0.4, 0.5) is 18.9 Å². The van der Waals surface area contributed by atoms with Crippen LogP contribution in [0.3, 0.4) is 0 Å². The smallest absolute Gasteiger partial charge is 0.407 e. The number of methoxy groups -OCH3 is 2. The van der Waals surface area contributed by atoms with Crippen molar-refractivity contribution in [2.45, 2.75) is 57.3 Å². The highest BCUT2D eigenvalue weighted by Crippen LogP contribution is 2.35. The van der Waals surface area contributed by atoms with Gasteiger partial charge in [0.15, 0.2) is 0 Å². The summed E-state index contributed by atoms with van der Waals surface area (Å²) in [7, 11) is 3.10. The van der Waals surface area contributed by atoms with Gasteiger partial charge in [-0.15, -0.1) is 11.8 Å². The van der Waals surface area contributed by atoms with Crippen LogP contribution >= 0.6 is 11.8 Å². The lowest BCUT2D eigenvalue weighted by Gasteiger charge is -2.28. The first kappa shape index (κ1) is 35.8. The van der Waals surface area contributed by atoms with Gasteiger partial charge in [-0.25, -0.2) is 0 Å². The van der Waals surface area contributed by atoms with E-state index in [1.54, 1.807) is 49.2 Å². The highest BCUT2D eigenvalue weighted by atomic mass is 32.2. The zero-order valence-corrected chi connectivity index (χ0v) is 26.8. The molecule has 0 aliphatic rings. The number of ether oxygens (including phenoxy) is 2. The predicted molar refractivity (Wildman–Crippen MR) is 171 cm³/mol. The summed E-state index contributed by atoms with van der Waals surface area (Å²) < 4.78 is 53.4. The first-order chi connectivity index (χ1) is 20.5. The van der Waals surface area contributed by atoms with Crippen molar-refractivity contribution >= 4 is 23.4 Å². The molecule has 10 heteroatoms. The molecule has 43 heavy (non-hydrogen) atoms. The van der Waals surface area contributed by atoms with E-state index in [0.717, 1.165) is 16.0 Å². The number of halogens is 3. The number of benzene rings is 3. The molecule has 0 saturated heterocycles. The van der Waals surface area contributed by atoms with Gasteiger partial charge in [0.2, 0.25) is 5.91 Å². The van der Waals surface area contributed by atoms with Crippen LogP contribution in [-0.4, -0.2) is 51.7 Å². The molecule has 0 heterocycles. The van der Waals surface area contributed by atoms with E-state index in [1.165, 1.54) is 19.2 Å². The Morgan fingerprint density at radius 2 is 1.49 bits per heavy atom. The Bertz CT molecular complexity index is 1250. The number of carbonyl (C=O) groups excluding carboxylic acids is 1. The Morgan fingerprint density at radius 3 is 2.00 bits per heavy atom. The average Bonchev–Trinajstić information content (AvgIpc) is 3.01. The molecule has 2 atom stereocenters. The number of amides is 1. The molecule has 0 bridgehead atoms. The van der Waals surface area contributed by atoms with Gasteiger partial charge < -0.3 is 20.1 Å². The van der Waals surface area contributed by atoms with E-state index in [0.29, 0.717) is 23.7 Å². The lowest BCUT2D eigenvalue weighted by atomic mass is 9.97. The van der Waals surface area contributed by atoms with Gasteiger partial charge in [0.25, 0.3) is 0 Å². The first-order valence-corrected chi connectivity index (χ1v) is 15.6. The molecular formula is C33H44F3N3O3S. The lowest BCUT2D eigenvalue weighted by molar-refractivity contribution is -0.161. The van der Waals surface area contributed by atoms with E-state index >= 15 is 0 Å². The van der Waals surface area contributed by atoms with E-state index in [2.05, 4.69) is 16.0 Å². The predicted octanol–water partition coefficient (Wildman–Crippen LogP) is 7.95. The van der Waals surface area contributed by atoms with E-state index in [1.807, 2.05) is 58.2 Å². The topological polar surface area (TPSA) is 71.6 Å². The zero-order valence-electron chi connectivity index (χ0n) is 26.0. The molecule has 2 unspecified atom stereocenters. The summed E-state index contributed by atoms with van der Waals surface area (Å²) in [5.74, 6) is 0.732. The summed E-state index contributed by atoms with van der Waals surface area (Å²) in [5, 5.41) is 8.55. The van der Waals surface area contributed by atoms with E-state index in [-0.39, 0.29) is 24.4 Å². The van der Waals surface area contributed by atoms with Gasteiger partial charge in [-0.05, 0) is 59.6 Å². The van der Waals surface area contributed by atoms with Crippen molar-refractivity contribution in [2.75, 3.05) is 38.9 Å². The molecule has 3 aromatic rings. The molecule has 3 aromatic carbocycles. The zero-order chi connectivity index (χ0) is 32.0. The second kappa shape index (κ2) is 17.7. The second-order valence-electron chi connectivity index (χ2n) is 9.96. The molecule has 3 N–H and O–H groups in total. The van der Waals surface area contributed by atoms with Gasteiger partial charge in [-0.1, -0.05) is 64.1 Å². The first-order valence-electron chi connectivity index (χ1n) is 14.4. The summed E-state index contributed by atoms with van der Waals surface area (Å²) in [4.78, 5) is 14.2. The Labute approximate surface area is 258 Å². The van der Waals surface area contributed by atoms with Gasteiger partial charge in [-0.3, -0.25) is 10.1 Å². The number of hydrogen-bond donors (Lipinski definition) is 3. The number of hydrogen-bond acceptors (Lipinski definition) is 6. The number of nitrogens with one attached hydrogen (secondary N) is 3. The van der Waals surface area contributed by atoms with E-state index in [4.69, 9.17) is 9.47 Å². The third-order valence-electron chi connectivity index (χ3n) is 6.53. The fourth-order valence-corrected chi connectivity index (χ4v) is 4.81. The van der Waals surface area contributed by atoms with E-state index in [9.17, 15) is 18.0 Å². The van der Waals surface area contributed by atoms with Crippen LogP contribution in [0.1, 0.15) is 45.7 Å². The standard InChI is InChI=1S/C31H38F3N3O3S.C2H6/c1-20(2)18-27(30(38)36-17-16-35-26-15-12-24(39-3)19-28(26)40-4)37-29(31(32,33)34)23-8-6-21(7-9-23)22-10-13-25(41-5)14-11-22;1-2/h6-15,19-20,27,29,35,37H,16-18H2,1-5H3,(H,36,38);1-2H3. The Kier molecular flexibility index (Phi) is 14.7. The van der Waals surface area contributed by atoms with Crippen molar-refractivity contribution in [2.24, 2.45) is 5.92 Å². The maximum Gasteiger partial charge on any atom is 0.407 e. The third kappa shape index (κ3) is 11.0. The van der Waals surface area contributed by atoms with Crippen LogP contribution in [0.15, 0.2) is 71.6 Å². The summed E-state index contributed by atoms with van der Waals surface area (Å²) in [6.45, 7) is 8.31. The molecule has 0 fully saturated rings. The molecule has 1 amide bonds. The molecule has 236 valence electrons. The van der Waals surface area contributed by atoms with Crippen LogP contribution in [0.25, 0.3) is 11.1 Å². The van der Waals surface area contributed by atoms with Crippen molar-refractivity contribution < 1.29 is 27.4 Å². The minimum absolute atomic E-state index is 0.000417. The van der Waals surface area contributed by atoms with Crippen molar-refractivity contribution in [1.29, 1.82) is 0 Å². The van der Waals surface area contributed by atoms with Crippen LogP contribution in [0, 0.1) is 5.92 Å². The molecule has 0 aliphatic heterocycles. The fraction of sp³-hybridized carbons (Fsp3) is 0.424. The highest BCUT2D eigenvalue weighted by Gasteiger charge is 2.42. The Morgan fingerprint density at radius 1 is 0.884 bits per heavy atom. The number of rotatable bonds is 14. The summed E-state index contributed by atoms with van der Waals surface area (Å²) >= 11 is 1.62. The quantitative estimate of drug-likeness (QED) is 0.126. The normalized spacial score (nSPS) is 12.5. The number of anilines is 1. The largest absolute Gasteiger partial charge is 0.497 e. The average molecular weight is 620 g/mol. The SMILES string of the molecule is CC.COc1ccc(NCCNC(=O)C(CC(C)C)NC(c2ccc(-c3ccc(SC)cc3)cc2)C(F)(F)F)c(OC)c1. The number of thioether (sulfide) groups is 1. The number of carbonyl (C=O) groups is 1. The molecule has 0 saturated carbocycles. The summed E-state index contributed by atoms with van der Waals surface area (Å²) in [6, 6.07) is 16.4. The van der Waals surface area contributed by atoms with Crippen molar-refractivity contribution in [3.05, 3.63) is 72.3 Å². The molecule has 0 radical (unpaired) electrons. The highest BCUT2D eigenvalue weighted by molar-refractivity contribution is 7.98. The maximum absolute atomic E-state index is 14.3. The molecule has 3 rings (SSSR count). The van der Waals surface area contributed by atoms with Crippen molar-refractivity contribution in [1.82, 2.24) is 10.6 Å². The minimum Gasteiger partial charge on any atom is -0.497 e. The van der Waals surface area contributed by atoms with Gasteiger partial charge in [0.1, 0.15) is 17.5 Å². The molecular weight excluding hydrogens is 575 g/mol. The van der Waals surface area contributed by atoms with Gasteiger partial charge in [0.05, 0.1) is 25.9 Å². The number of alkyl halides is 3. The molecule has 0 aromatic heterocycles. The lowest BCUT2D eigenvalue weighted by Crippen LogP contribution is -2.50. The molecule has 0 aliphatic carbocycles. The van der Waals surface area contributed by atoms with Crippen LogP contribution in [-0.2, 0) is 4.79 Å². The maximum atomic E-state index is 14.3. The van der Waals surface area contributed by atoms with E-state index < -0.39 is 24.2 Å². The summed E-state index contributed by atoms with van der Waals surface area (Å²) in [5.41, 5.74) is 2.50. The molecule has 0 spiro atoms. The van der Waals surface area contributed by atoms with Crippen molar-refractivity contribution in [3.63, 3.8) is 0 Å². The molecule has 6 nitrogen and oxygen atoms in total. The van der Waals surface area contributed by atoms with Crippen LogP contribution in [0.2, 0.25) is 0 Å². The second-order valence-corrected chi connectivity index (χ2v) is 10.8. The minimum atomic E-state index is -4.59. The van der Waals surface area contributed by atoms with Crippen LogP contribution in [0.5, 0.6) is 11.5 Å².